The third kappa shape index (κ3) is 4.03. The van der Waals surface area contributed by atoms with Crippen molar-refractivity contribution in [2.75, 3.05) is 11.8 Å². The van der Waals surface area contributed by atoms with Gasteiger partial charge in [0.25, 0.3) is 15.9 Å². The molecule has 1 aromatic heterocycles. The highest BCUT2D eigenvalue weighted by Gasteiger charge is 2.16. The zero-order chi connectivity index (χ0) is 15.5. The molecule has 0 spiro atoms. The topological polar surface area (TPSA) is 84.5 Å². The number of carbonyl (C=O) groups is 1. The number of benzene rings is 1. The zero-order valence-electron chi connectivity index (χ0n) is 10.8. The van der Waals surface area contributed by atoms with Gasteiger partial charge in [-0.25, -0.2) is 13.9 Å². The minimum Gasteiger partial charge on any atom is -0.279 e. The van der Waals surface area contributed by atoms with Crippen LogP contribution in [0.1, 0.15) is 10.4 Å². The molecule has 1 amide bonds. The van der Waals surface area contributed by atoms with Crippen LogP contribution >= 0.6 is 27.3 Å². The largest absolute Gasteiger partial charge is 0.279 e. The van der Waals surface area contributed by atoms with Crippen molar-refractivity contribution in [1.29, 1.82) is 0 Å². The number of nitrogens with one attached hydrogen (secondary N) is 2. The highest BCUT2D eigenvalue weighted by atomic mass is 79.9. The van der Waals surface area contributed by atoms with Crippen LogP contribution < -0.4 is 10.2 Å². The molecule has 0 aliphatic carbocycles. The Morgan fingerprint density at radius 2 is 1.86 bits per heavy atom. The van der Waals surface area contributed by atoms with Crippen molar-refractivity contribution in [2.45, 2.75) is 4.21 Å². The molecule has 0 fully saturated rings. The van der Waals surface area contributed by atoms with E-state index >= 15 is 0 Å². The van der Waals surface area contributed by atoms with Gasteiger partial charge in [-0.2, -0.15) is 0 Å². The van der Waals surface area contributed by atoms with E-state index in [-0.39, 0.29) is 4.21 Å². The SMILES string of the molecule is CONC(=O)c1ccc(NS(=O)(=O)c2ccc(Br)s2)cc1. The number of amides is 1. The molecule has 0 bridgehead atoms. The van der Waals surface area contributed by atoms with Crippen molar-refractivity contribution in [1.82, 2.24) is 5.48 Å². The molecule has 0 atom stereocenters. The maximum absolute atomic E-state index is 12.1. The van der Waals surface area contributed by atoms with Gasteiger partial charge in [-0.15, -0.1) is 11.3 Å². The maximum atomic E-state index is 12.1. The van der Waals surface area contributed by atoms with Crippen LogP contribution in [0.2, 0.25) is 0 Å². The summed E-state index contributed by atoms with van der Waals surface area (Å²) >= 11 is 4.33. The molecule has 0 unspecified atom stereocenters. The minimum atomic E-state index is -3.62. The average molecular weight is 391 g/mol. The van der Waals surface area contributed by atoms with Crippen LogP contribution in [0, 0.1) is 0 Å². The van der Waals surface area contributed by atoms with Crippen molar-refractivity contribution in [2.24, 2.45) is 0 Å². The highest BCUT2D eigenvalue weighted by molar-refractivity contribution is 9.11. The average Bonchev–Trinajstić information content (AvgIpc) is 2.87. The van der Waals surface area contributed by atoms with Crippen LogP contribution in [0.4, 0.5) is 5.69 Å². The number of sulfonamides is 1. The molecule has 1 aromatic carbocycles. The number of hydroxylamine groups is 1. The fraction of sp³-hybridized carbons (Fsp3) is 0.0833. The molecule has 2 aromatic rings. The van der Waals surface area contributed by atoms with Gasteiger partial charge in [0, 0.05) is 11.3 Å². The lowest BCUT2D eigenvalue weighted by atomic mass is 10.2. The fourth-order valence-corrected chi connectivity index (χ4v) is 4.56. The second-order valence-electron chi connectivity index (χ2n) is 3.88. The Morgan fingerprint density at radius 3 is 2.38 bits per heavy atom. The highest BCUT2D eigenvalue weighted by Crippen LogP contribution is 2.27. The van der Waals surface area contributed by atoms with Crippen LogP contribution in [-0.2, 0) is 14.9 Å². The third-order valence-electron chi connectivity index (χ3n) is 2.41. The van der Waals surface area contributed by atoms with Crippen molar-refractivity contribution in [3.63, 3.8) is 0 Å². The number of hydrogen-bond acceptors (Lipinski definition) is 5. The normalized spacial score (nSPS) is 11.1. The van der Waals surface area contributed by atoms with Crippen molar-refractivity contribution >= 4 is 48.9 Å². The summed E-state index contributed by atoms with van der Waals surface area (Å²) in [6.45, 7) is 0. The first-order chi connectivity index (χ1) is 9.92. The van der Waals surface area contributed by atoms with Gasteiger partial charge in [0.05, 0.1) is 10.9 Å². The van der Waals surface area contributed by atoms with Crippen LogP contribution in [0.3, 0.4) is 0 Å². The molecule has 0 saturated carbocycles. The van der Waals surface area contributed by atoms with Crippen molar-refractivity contribution in [3.8, 4) is 0 Å². The van der Waals surface area contributed by atoms with E-state index in [1.165, 1.54) is 37.4 Å². The standard InChI is InChI=1S/C12H11BrN2O4S2/c1-19-14-12(16)8-2-4-9(5-3-8)15-21(17,18)11-7-6-10(13)20-11/h2-7,15H,1H3,(H,14,16). The van der Waals surface area contributed by atoms with Gasteiger partial charge in [-0.1, -0.05) is 0 Å². The third-order valence-corrected chi connectivity index (χ3v) is 5.90. The first kappa shape index (κ1) is 16.0. The molecule has 0 aliphatic heterocycles. The monoisotopic (exact) mass is 390 g/mol. The molecule has 2 N–H and O–H groups in total. The van der Waals surface area contributed by atoms with Gasteiger partial charge in [0.15, 0.2) is 0 Å². The summed E-state index contributed by atoms with van der Waals surface area (Å²) in [4.78, 5) is 16.0. The summed E-state index contributed by atoms with van der Waals surface area (Å²) in [6.07, 6.45) is 0. The molecule has 0 radical (unpaired) electrons. The molecule has 9 heteroatoms. The summed E-state index contributed by atoms with van der Waals surface area (Å²) < 4.78 is 27.6. The molecule has 112 valence electrons. The number of rotatable bonds is 5. The lowest BCUT2D eigenvalue weighted by Gasteiger charge is -2.07. The van der Waals surface area contributed by atoms with E-state index < -0.39 is 15.9 Å². The maximum Gasteiger partial charge on any atom is 0.274 e. The first-order valence-corrected chi connectivity index (χ1v) is 8.73. The molecule has 2 rings (SSSR count). The fourth-order valence-electron chi connectivity index (χ4n) is 1.49. The number of anilines is 1. The number of halogens is 1. The molecule has 0 aliphatic rings. The second-order valence-corrected chi connectivity index (χ2v) is 8.25. The Hall–Kier alpha value is -1.42. The van der Waals surface area contributed by atoms with Crippen molar-refractivity contribution in [3.05, 3.63) is 45.7 Å². The summed E-state index contributed by atoms with van der Waals surface area (Å²) in [5.41, 5.74) is 2.91. The van der Waals surface area contributed by atoms with E-state index in [0.717, 1.165) is 15.1 Å². The van der Waals surface area contributed by atoms with Gasteiger partial charge in [-0.3, -0.25) is 14.4 Å². The predicted octanol–water partition coefficient (Wildman–Crippen LogP) is 2.60. The lowest BCUT2D eigenvalue weighted by molar-refractivity contribution is 0.0537. The van der Waals surface area contributed by atoms with E-state index in [4.69, 9.17) is 0 Å². The summed E-state index contributed by atoms with van der Waals surface area (Å²) in [5, 5.41) is 0. The Morgan fingerprint density at radius 1 is 1.19 bits per heavy atom. The molecular formula is C12H11BrN2O4S2. The van der Waals surface area contributed by atoms with Crippen molar-refractivity contribution < 1.29 is 18.0 Å². The van der Waals surface area contributed by atoms with Gasteiger partial charge in [-0.05, 0) is 52.3 Å². The number of hydrogen-bond donors (Lipinski definition) is 2. The number of thiophene rings is 1. The van der Waals surface area contributed by atoms with E-state index in [2.05, 4.69) is 31.0 Å². The summed E-state index contributed by atoms with van der Waals surface area (Å²) in [7, 11) is -2.29. The van der Waals surface area contributed by atoms with Gasteiger partial charge in [0.1, 0.15) is 4.21 Å². The Labute approximate surface area is 134 Å². The van der Waals surface area contributed by atoms with Crippen LogP contribution in [0.25, 0.3) is 0 Å². The first-order valence-electron chi connectivity index (χ1n) is 5.64. The second kappa shape index (κ2) is 6.56. The van der Waals surface area contributed by atoms with E-state index in [1.54, 1.807) is 6.07 Å². The Kier molecular flexibility index (Phi) is 4.99. The predicted molar refractivity (Wildman–Crippen MR) is 83.7 cm³/mol. The van der Waals surface area contributed by atoms with E-state index in [1.807, 2.05) is 0 Å². The van der Waals surface area contributed by atoms with Gasteiger partial charge in [0.2, 0.25) is 0 Å². The molecule has 21 heavy (non-hydrogen) atoms. The van der Waals surface area contributed by atoms with Crippen LogP contribution in [-0.4, -0.2) is 21.4 Å². The van der Waals surface area contributed by atoms with Gasteiger partial charge >= 0.3 is 0 Å². The summed E-state index contributed by atoms with van der Waals surface area (Å²) in [5.74, 6) is -0.408. The molecule has 0 saturated heterocycles. The molecular weight excluding hydrogens is 380 g/mol. The van der Waals surface area contributed by atoms with Crippen LogP contribution in [0.5, 0.6) is 0 Å². The van der Waals surface area contributed by atoms with Gasteiger partial charge < -0.3 is 0 Å². The summed E-state index contributed by atoms with van der Waals surface area (Å²) in [6, 6.07) is 9.18. The molecule has 1 heterocycles. The van der Waals surface area contributed by atoms with E-state index in [0.29, 0.717) is 11.3 Å². The Bertz CT molecular complexity index is 741. The number of carbonyl (C=O) groups excluding carboxylic acids is 1. The zero-order valence-corrected chi connectivity index (χ0v) is 14.0. The lowest BCUT2D eigenvalue weighted by Crippen LogP contribution is -2.21. The van der Waals surface area contributed by atoms with E-state index in [9.17, 15) is 13.2 Å². The minimum absolute atomic E-state index is 0.204. The van der Waals surface area contributed by atoms with Crippen LogP contribution in [0.15, 0.2) is 44.4 Å². The Balaban J connectivity index is 2.15. The molecule has 6 nitrogen and oxygen atoms in total. The quantitative estimate of drug-likeness (QED) is 0.768. The smallest absolute Gasteiger partial charge is 0.274 e.